The van der Waals surface area contributed by atoms with Gasteiger partial charge in [0.2, 0.25) is 0 Å². The Labute approximate surface area is 556 Å². The predicted octanol–water partition coefficient (Wildman–Crippen LogP) is 20.6. The third-order valence-corrected chi connectivity index (χ3v) is 18.9. The number of carbonyl (C=O) groups is 4. The molecule has 3 unspecified atom stereocenters. The fraction of sp³-hybridized carbons (Fsp3) is 0.944. The first kappa shape index (κ1) is 89.1. The van der Waals surface area contributed by atoms with Crippen molar-refractivity contribution < 1.29 is 80.2 Å². The molecule has 0 rings (SSSR count). The Morgan fingerprint density at radius 1 is 0.319 bits per heavy atom. The van der Waals surface area contributed by atoms with Gasteiger partial charge in [-0.1, -0.05) is 312 Å². The molecule has 0 aliphatic rings. The second-order valence-corrected chi connectivity index (χ2v) is 30.1. The molecule has 0 amide bonds. The first-order chi connectivity index (χ1) is 43.8. The number of esters is 4. The van der Waals surface area contributed by atoms with Crippen molar-refractivity contribution in [3.63, 3.8) is 0 Å². The van der Waals surface area contributed by atoms with Gasteiger partial charge < -0.3 is 33.8 Å². The van der Waals surface area contributed by atoms with Crippen LogP contribution in [-0.4, -0.2) is 96.7 Å². The number of aliphatic hydroxyl groups excluding tert-OH is 1. The zero-order valence-electron chi connectivity index (χ0n) is 59.3. The molecule has 0 heterocycles. The van der Waals surface area contributed by atoms with Crippen LogP contribution >= 0.6 is 15.6 Å². The van der Waals surface area contributed by atoms with Gasteiger partial charge in [-0.05, 0) is 43.4 Å². The van der Waals surface area contributed by atoms with Crippen molar-refractivity contribution in [3.05, 3.63) is 0 Å². The summed E-state index contributed by atoms with van der Waals surface area (Å²) in [6.07, 6.45) is 47.2. The summed E-state index contributed by atoms with van der Waals surface area (Å²) in [5.74, 6) is 0.171. The maximum absolute atomic E-state index is 13.0. The van der Waals surface area contributed by atoms with Crippen LogP contribution in [0.25, 0.3) is 0 Å². The third kappa shape index (κ3) is 65.1. The number of unbranched alkanes of at least 4 members (excludes halogenated alkanes) is 37. The minimum atomic E-state index is -4.95. The number of phosphoric acid groups is 2. The van der Waals surface area contributed by atoms with Crippen molar-refractivity contribution in [3.8, 4) is 0 Å². The third-order valence-electron chi connectivity index (χ3n) is 17.0. The summed E-state index contributed by atoms with van der Waals surface area (Å²) in [5, 5.41) is 10.6. The molecule has 0 aromatic carbocycles. The molecule has 17 nitrogen and oxygen atoms in total. The van der Waals surface area contributed by atoms with E-state index in [1.807, 2.05) is 0 Å². The lowest BCUT2D eigenvalue weighted by Crippen LogP contribution is -2.30. The average molecular weight is 1340 g/mol. The van der Waals surface area contributed by atoms with Crippen LogP contribution in [0, 0.1) is 17.8 Å². The van der Waals surface area contributed by atoms with Gasteiger partial charge in [-0.25, -0.2) is 9.13 Å². The van der Waals surface area contributed by atoms with Crippen molar-refractivity contribution in [2.24, 2.45) is 17.8 Å². The molecule has 0 radical (unpaired) electrons. The molecule has 540 valence electrons. The first-order valence-corrected chi connectivity index (χ1v) is 40.4. The second-order valence-electron chi connectivity index (χ2n) is 27.2. The number of rotatable bonds is 70. The van der Waals surface area contributed by atoms with Gasteiger partial charge in [0.05, 0.1) is 26.4 Å². The number of hydrogen-bond donors (Lipinski definition) is 3. The van der Waals surface area contributed by atoms with E-state index in [2.05, 4.69) is 48.5 Å². The van der Waals surface area contributed by atoms with Crippen LogP contribution in [0.1, 0.15) is 363 Å². The SMILES string of the molecule is CCCCCCCCCCCC(=O)OC[C@H](COP(=O)(O)OC[C@H](O)COP(=O)(O)OC[C@@H](COC(=O)CCCCCCCCCCCCCCCC(C)C)OC(=O)CCCCCCCCCCCCCCCC(C)C)OC(=O)CCCCCCCCC(C)CC. The lowest BCUT2D eigenvalue weighted by atomic mass is 10.00. The zero-order valence-corrected chi connectivity index (χ0v) is 61.1. The van der Waals surface area contributed by atoms with E-state index in [0.29, 0.717) is 25.7 Å². The van der Waals surface area contributed by atoms with Crippen molar-refractivity contribution in [1.29, 1.82) is 0 Å². The summed E-state index contributed by atoms with van der Waals surface area (Å²) >= 11 is 0. The molecular weight excluding hydrogens is 1200 g/mol. The van der Waals surface area contributed by atoms with Crippen LogP contribution in [0.5, 0.6) is 0 Å². The summed E-state index contributed by atoms with van der Waals surface area (Å²) in [5.41, 5.74) is 0. The van der Waals surface area contributed by atoms with Crippen LogP contribution in [0.3, 0.4) is 0 Å². The van der Waals surface area contributed by atoms with E-state index in [0.717, 1.165) is 108 Å². The number of phosphoric ester groups is 2. The highest BCUT2D eigenvalue weighted by Crippen LogP contribution is 2.45. The van der Waals surface area contributed by atoms with Crippen molar-refractivity contribution in [2.75, 3.05) is 39.6 Å². The van der Waals surface area contributed by atoms with Gasteiger partial charge in [0.25, 0.3) is 0 Å². The van der Waals surface area contributed by atoms with Crippen LogP contribution < -0.4 is 0 Å². The smallest absolute Gasteiger partial charge is 0.462 e. The summed E-state index contributed by atoms with van der Waals surface area (Å²) in [6.45, 7) is 11.8. The van der Waals surface area contributed by atoms with E-state index in [-0.39, 0.29) is 25.7 Å². The minimum Gasteiger partial charge on any atom is -0.462 e. The van der Waals surface area contributed by atoms with Gasteiger partial charge in [0.1, 0.15) is 19.3 Å². The van der Waals surface area contributed by atoms with Gasteiger partial charge >= 0.3 is 39.5 Å². The van der Waals surface area contributed by atoms with Crippen molar-refractivity contribution in [2.45, 2.75) is 381 Å². The molecule has 19 heteroatoms. The number of ether oxygens (including phenoxy) is 4. The Morgan fingerprint density at radius 3 is 0.835 bits per heavy atom. The van der Waals surface area contributed by atoms with Gasteiger partial charge in [0, 0.05) is 25.7 Å². The van der Waals surface area contributed by atoms with E-state index in [1.54, 1.807) is 0 Å². The lowest BCUT2D eigenvalue weighted by Gasteiger charge is -2.21. The summed E-state index contributed by atoms with van der Waals surface area (Å²) in [6, 6.07) is 0. The maximum atomic E-state index is 13.0. The Kier molecular flexibility index (Phi) is 61.5. The summed E-state index contributed by atoms with van der Waals surface area (Å²) < 4.78 is 68.3. The summed E-state index contributed by atoms with van der Waals surface area (Å²) in [4.78, 5) is 72.6. The van der Waals surface area contributed by atoms with Gasteiger partial charge in [-0.3, -0.25) is 37.3 Å². The molecule has 0 bridgehead atoms. The van der Waals surface area contributed by atoms with Gasteiger partial charge in [-0.15, -0.1) is 0 Å². The highest BCUT2D eigenvalue weighted by Gasteiger charge is 2.30. The molecule has 0 aromatic rings. The molecule has 0 spiro atoms. The maximum Gasteiger partial charge on any atom is 0.472 e. The second kappa shape index (κ2) is 62.8. The Hall–Kier alpha value is -1.94. The molecular formula is C72H140O17P2. The Morgan fingerprint density at radius 2 is 0.560 bits per heavy atom. The fourth-order valence-corrected chi connectivity index (χ4v) is 12.4. The van der Waals surface area contributed by atoms with Crippen LogP contribution in [0.2, 0.25) is 0 Å². The van der Waals surface area contributed by atoms with Gasteiger partial charge in [0.15, 0.2) is 12.2 Å². The predicted molar refractivity (Wildman–Crippen MR) is 368 cm³/mol. The molecule has 0 aromatic heterocycles. The average Bonchev–Trinajstić information content (AvgIpc) is 2.75. The fourth-order valence-electron chi connectivity index (χ4n) is 10.9. The first-order valence-electron chi connectivity index (χ1n) is 37.4. The molecule has 0 aliphatic heterocycles. The molecule has 91 heavy (non-hydrogen) atoms. The van der Waals surface area contributed by atoms with Crippen LogP contribution in [0.15, 0.2) is 0 Å². The lowest BCUT2D eigenvalue weighted by molar-refractivity contribution is -0.161. The molecule has 0 aliphatic carbocycles. The number of hydrogen-bond acceptors (Lipinski definition) is 15. The molecule has 0 saturated heterocycles. The zero-order chi connectivity index (χ0) is 67.3. The highest BCUT2D eigenvalue weighted by molar-refractivity contribution is 7.47. The summed E-state index contributed by atoms with van der Waals surface area (Å²) in [7, 11) is -9.90. The Bertz CT molecular complexity index is 1790. The van der Waals surface area contributed by atoms with Crippen LogP contribution in [-0.2, 0) is 65.4 Å². The topological polar surface area (TPSA) is 237 Å². The molecule has 6 atom stereocenters. The standard InChI is InChI=1S/C72H140O17P2/c1-8-10-11-12-13-24-31-39-46-53-69(74)82-60-68(89-72(77)56-49-42-35-34-38-45-52-65(7)9-2)62-87-91(80,81)85-58-66(73)57-84-90(78,79)86-61-67(88-71(76)55-48-41-33-28-23-19-15-17-21-26-30-37-44-51-64(5)6)59-83-70(75)54-47-40-32-27-22-18-14-16-20-25-29-36-43-50-63(3)4/h63-68,73H,8-62H2,1-7H3,(H,78,79)(H,80,81)/t65?,66-,67-,68-/m1/s1. The van der Waals surface area contributed by atoms with Crippen molar-refractivity contribution >= 4 is 39.5 Å². The van der Waals surface area contributed by atoms with E-state index in [4.69, 9.17) is 37.0 Å². The highest BCUT2D eigenvalue weighted by atomic mass is 31.2. The van der Waals surface area contributed by atoms with Crippen molar-refractivity contribution in [1.82, 2.24) is 0 Å². The van der Waals surface area contributed by atoms with Crippen LogP contribution in [0.4, 0.5) is 0 Å². The number of carbonyl (C=O) groups excluding carboxylic acids is 4. The monoisotopic (exact) mass is 1340 g/mol. The molecule has 3 N–H and O–H groups in total. The minimum absolute atomic E-state index is 0.103. The quantitative estimate of drug-likeness (QED) is 0.0222. The normalized spacial score (nSPS) is 14.5. The largest absolute Gasteiger partial charge is 0.472 e. The van der Waals surface area contributed by atoms with Gasteiger partial charge in [-0.2, -0.15) is 0 Å². The molecule has 0 saturated carbocycles. The Balaban J connectivity index is 5.23. The van der Waals surface area contributed by atoms with E-state index in [1.165, 1.54) is 173 Å². The number of aliphatic hydroxyl groups is 1. The van der Waals surface area contributed by atoms with E-state index < -0.39 is 97.5 Å². The van der Waals surface area contributed by atoms with E-state index >= 15 is 0 Å². The molecule has 0 fully saturated rings. The van der Waals surface area contributed by atoms with E-state index in [9.17, 15) is 43.2 Å².